The van der Waals surface area contributed by atoms with Crippen molar-refractivity contribution in [1.82, 2.24) is 5.32 Å². The van der Waals surface area contributed by atoms with Crippen molar-refractivity contribution >= 4 is 27.5 Å². The van der Waals surface area contributed by atoms with Gasteiger partial charge in [0.1, 0.15) is 12.4 Å². The number of rotatable bonds is 8. The Morgan fingerprint density at radius 2 is 1.71 bits per heavy atom. The lowest BCUT2D eigenvalue weighted by Gasteiger charge is -2.15. The first kappa shape index (κ1) is 20.6. The first-order chi connectivity index (χ1) is 13.5. The fourth-order valence-electron chi connectivity index (χ4n) is 2.75. The molecule has 0 heterocycles. The fourth-order valence-corrected chi connectivity index (χ4v) is 3.57. The zero-order valence-electron chi connectivity index (χ0n) is 15.3. The summed E-state index contributed by atoms with van der Waals surface area (Å²) < 4.78 is 25.2. The van der Waals surface area contributed by atoms with Gasteiger partial charge in [-0.05, 0) is 69.0 Å². The van der Waals surface area contributed by atoms with Crippen LogP contribution in [0.2, 0.25) is 5.02 Å². The van der Waals surface area contributed by atoms with Crippen molar-refractivity contribution in [3.05, 3.63) is 92.7 Å². The van der Waals surface area contributed by atoms with Gasteiger partial charge in [0.15, 0.2) is 11.5 Å². The molecule has 0 spiro atoms. The molecule has 0 aliphatic rings. The Bertz CT molecular complexity index is 934. The Morgan fingerprint density at radius 1 is 0.964 bits per heavy atom. The highest BCUT2D eigenvalue weighted by molar-refractivity contribution is 9.10. The molecule has 3 aromatic rings. The normalized spacial score (nSPS) is 10.7. The van der Waals surface area contributed by atoms with Crippen LogP contribution in [0.25, 0.3) is 0 Å². The number of benzene rings is 3. The zero-order chi connectivity index (χ0) is 19.9. The van der Waals surface area contributed by atoms with Crippen LogP contribution >= 0.6 is 27.5 Å². The van der Waals surface area contributed by atoms with E-state index in [0.717, 1.165) is 21.2 Å². The van der Waals surface area contributed by atoms with Gasteiger partial charge in [-0.3, -0.25) is 0 Å². The Morgan fingerprint density at radius 3 is 2.43 bits per heavy atom. The van der Waals surface area contributed by atoms with Gasteiger partial charge in [-0.1, -0.05) is 35.9 Å². The van der Waals surface area contributed by atoms with Gasteiger partial charge >= 0.3 is 0 Å². The van der Waals surface area contributed by atoms with Gasteiger partial charge in [-0.2, -0.15) is 0 Å². The lowest BCUT2D eigenvalue weighted by molar-refractivity contribution is 0.282. The number of hydrogen-bond donors (Lipinski definition) is 1. The third kappa shape index (κ3) is 5.71. The topological polar surface area (TPSA) is 30.5 Å². The number of hydrogen-bond acceptors (Lipinski definition) is 3. The van der Waals surface area contributed by atoms with Gasteiger partial charge in [0.2, 0.25) is 0 Å². The highest BCUT2D eigenvalue weighted by Gasteiger charge is 2.12. The van der Waals surface area contributed by atoms with E-state index < -0.39 is 0 Å². The Labute approximate surface area is 177 Å². The maximum absolute atomic E-state index is 13.0. The van der Waals surface area contributed by atoms with E-state index in [-0.39, 0.29) is 5.82 Å². The molecular formula is C22H20BrClFNO2. The summed E-state index contributed by atoms with van der Waals surface area (Å²) in [6, 6.07) is 17.9. The van der Waals surface area contributed by atoms with E-state index in [1.807, 2.05) is 36.4 Å². The van der Waals surface area contributed by atoms with E-state index >= 15 is 0 Å². The molecule has 0 radical (unpaired) electrons. The van der Waals surface area contributed by atoms with Crippen LogP contribution in [0.4, 0.5) is 4.39 Å². The minimum Gasteiger partial charge on any atom is -0.493 e. The quantitative estimate of drug-likeness (QED) is 0.436. The molecule has 0 aromatic heterocycles. The lowest BCUT2D eigenvalue weighted by atomic mass is 10.1. The van der Waals surface area contributed by atoms with Crippen LogP contribution in [0.3, 0.4) is 0 Å². The molecule has 3 nitrogen and oxygen atoms in total. The van der Waals surface area contributed by atoms with Crippen LogP contribution in [-0.4, -0.2) is 7.11 Å². The molecule has 0 saturated heterocycles. The Hall–Kier alpha value is -2.08. The highest BCUT2D eigenvalue weighted by atomic mass is 79.9. The maximum atomic E-state index is 13.0. The van der Waals surface area contributed by atoms with Crippen LogP contribution in [0.5, 0.6) is 11.5 Å². The van der Waals surface area contributed by atoms with Crippen LogP contribution in [0.15, 0.2) is 65.1 Å². The van der Waals surface area contributed by atoms with E-state index in [1.165, 1.54) is 12.1 Å². The molecule has 0 amide bonds. The van der Waals surface area contributed by atoms with Gasteiger partial charge in [0, 0.05) is 18.1 Å². The van der Waals surface area contributed by atoms with E-state index in [4.69, 9.17) is 21.1 Å². The molecule has 1 N–H and O–H groups in total. The first-order valence-electron chi connectivity index (χ1n) is 8.74. The summed E-state index contributed by atoms with van der Waals surface area (Å²) >= 11 is 9.59. The zero-order valence-corrected chi connectivity index (χ0v) is 17.7. The second kappa shape index (κ2) is 9.92. The average Bonchev–Trinajstić information content (AvgIpc) is 2.68. The summed E-state index contributed by atoms with van der Waals surface area (Å²) in [6.45, 7) is 1.67. The van der Waals surface area contributed by atoms with Crippen LogP contribution in [0.1, 0.15) is 16.7 Å². The molecule has 146 valence electrons. The minimum absolute atomic E-state index is 0.231. The number of halogens is 3. The molecule has 0 unspecified atom stereocenters. The van der Waals surface area contributed by atoms with Crippen molar-refractivity contribution in [2.75, 3.05) is 7.11 Å². The molecule has 0 bridgehead atoms. The van der Waals surface area contributed by atoms with Gasteiger partial charge in [0.25, 0.3) is 0 Å². The van der Waals surface area contributed by atoms with Crippen molar-refractivity contribution in [3.8, 4) is 11.5 Å². The Kier molecular flexibility index (Phi) is 7.31. The third-order valence-corrected chi connectivity index (χ3v) is 4.96. The predicted octanol–water partition coefficient (Wildman–Crippen LogP) is 6.12. The van der Waals surface area contributed by atoms with Gasteiger partial charge in [-0.15, -0.1) is 0 Å². The van der Waals surface area contributed by atoms with E-state index in [9.17, 15) is 4.39 Å². The molecule has 6 heteroatoms. The molecule has 28 heavy (non-hydrogen) atoms. The molecule has 3 rings (SSSR count). The molecule has 0 atom stereocenters. The number of methoxy groups -OCH3 is 1. The van der Waals surface area contributed by atoms with Gasteiger partial charge in [0.05, 0.1) is 11.6 Å². The summed E-state index contributed by atoms with van der Waals surface area (Å²) in [5, 5.41) is 4.02. The van der Waals surface area contributed by atoms with Crippen molar-refractivity contribution in [2.24, 2.45) is 0 Å². The summed E-state index contributed by atoms with van der Waals surface area (Å²) in [6.07, 6.45) is 0. The molecule has 3 aromatic carbocycles. The summed E-state index contributed by atoms with van der Waals surface area (Å²) in [7, 11) is 1.61. The summed E-state index contributed by atoms with van der Waals surface area (Å²) in [5.41, 5.74) is 3.04. The van der Waals surface area contributed by atoms with E-state index in [2.05, 4.69) is 21.2 Å². The standard InChI is InChI=1S/C22H20BrClFNO2/c1-27-21-11-17(13-26-12-15-5-7-19(25)8-6-15)10-20(23)22(21)28-14-16-3-2-4-18(24)9-16/h2-11,26H,12-14H2,1H3. The predicted molar refractivity (Wildman–Crippen MR) is 113 cm³/mol. The monoisotopic (exact) mass is 463 g/mol. The van der Waals surface area contributed by atoms with Crippen molar-refractivity contribution in [3.63, 3.8) is 0 Å². The largest absolute Gasteiger partial charge is 0.493 e. The number of ether oxygens (including phenoxy) is 2. The third-order valence-electron chi connectivity index (χ3n) is 4.13. The lowest BCUT2D eigenvalue weighted by Crippen LogP contribution is -2.13. The SMILES string of the molecule is COc1cc(CNCc2ccc(F)cc2)cc(Br)c1OCc1cccc(Cl)c1. The molecule has 0 aliphatic heterocycles. The first-order valence-corrected chi connectivity index (χ1v) is 9.91. The average molecular weight is 465 g/mol. The van der Waals surface area contributed by atoms with E-state index in [0.29, 0.717) is 36.2 Å². The number of nitrogens with one attached hydrogen (secondary N) is 1. The van der Waals surface area contributed by atoms with Gasteiger partial charge in [-0.25, -0.2) is 4.39 Å². The van der Waals surface area contributed by atoms with Gasteiger partial charge < -0.3 is 14.8 Å². The molecule has 0 fully saturated rings. The molecule has 0 aliphatic carbocycles. The van der Waals surface area contributed by atoms with Crippen LogP contribution < -0.4 is 14.8 Å². The second-order valence-corrected chi connectivity index (χ2v) is 7.55. The molecule has 0 saturated carbocycles. The van der Waals surface area contributed by atoms with Crippen LogP contribution in [-0.2, 0) is 19.7 Å². The van der Waals surface area contributed by atoms with Crippen molar-refractivity contribution in [2.45, 2.75) is 19.7 Å². The van der Waals surface area contributed by atoms with Crippen LogP contribution in [0, 0.1) is 5.82 Å². The summed E-state index contributed by atoms with van der Waals surface area (Å²) in [5.74, 6) is 1.06. The highest BCUT2D eigenvalue weighted by Crippen LogP contribution is 2.37. The maximum Gasteiger partial charge on any atom is 0.175 e. The van der Waals surface area contributed by atoms with Crippen molar-refractivity contribution in [1.29, 1.82) is 0 Å². The van der Waals surface area contributed by atoms with E-state index in [1.54, 1.807) is 19.2 Å². The summed E-state index contributed by atoms with van der Waals surface area (Å²) in [4.78, 5) is 0. The molecular weight excluding hydrogens is 445 g/mol. The second-order valence-electron chi connectivity index (χ2n) is 6.26. The Balaban J connectivity index is 1.64. The fraction of sp³-hybridized carbons (Fsp3) is 0.182. The van der Waals surface area contributed by atoms with Crippen molar-refractivity contribution < 1.29 is 13.9 Å². The minimum atomic E-state index is -0.231. The smallest absolute Gasteiger partial charge is 0.175 e.